The third-order valence-electron chi connectivity index (χ3n) is 6.52. The molecule has 2 fully saturated rings. The molecule has 0 radical (unpaired) electrons. The number of amides is 2. The van der Waals surface area contributed by atoms with E-state index in [1.54, 1.807) is 5.06 Å². The molecule has 10 heteroatoms. The molecule has 196 valence electrons. The van der Waals surface area contributed by atoms with Crippen molar-refractivity contribution in [3.8, 4) is 11.5 Å². The summed E-state index contributed by atoms with van der Waals surface area (Å²) in [4.78, 5) is 45.0. The lowest BCUT2D eigenvalue weighted by molar-refractivity contribution is -0.384. The summed E-state index contributed by atoms with van der Waals surface area (Å²) in [7, 11) is 0. The number of nitro groups is 1. The Hall–Kier alpha value is -4.44. The molecule has 10 nitrogen and oxygen atoms in total. The van der Waals surface area contributed by atoms with Gasteiger partial charge < -0.3 is 9.47 Å². The number of rotatable bonds is 9. The van der Waals surface area contributed by atoms with E-state index >= 15 is 0 Å². The Balaban J connectivity index is 1.55. The van der Waals surface area contributed by atoms with Crippen LogP contribution in [0.2, 0.25) is 0 Å². The molecule has 0 aromatic heterocycles. The lowest BCUT2D eigenvalue weighted by Gasteiger charge is -2.29. The predicted octanol–water partition coefficient (Wildman–Crippen LogP) is 4.83. The average Bonchev–Trinajstić information content (AvgIpc) is 3.44. The fraction of sp³-hybridized carbons (Fsp3) is 0.286. The highest BCUT2D eigenvalue weighted by atomic mass is 16.7. The van der Waals surface area contributed by atoms with Gasteiger partial charge in [0.1, 0.15) is 5.92 Å². The summed E-state index contributed by atoms with van der Waals surface area (Å²) in [5.74, 6) is -0.680. The third kappa shape index (κ3) is 4.43. The van der Waals surface area contributed by atoms with Crippen LogP contribution in [0.25, 0.3) is 0 Å². The number of nitrogens with zero attached hydrogens (tertiary/aromatic N) is 3. The zero-order valence-electron chi connectivity index (χ0n) is 21.0. The first kappa shape index (κ1) is 25.2. The number of ether oxygens (including phenoxy) is 2. The maximum atomic E-state index is 13.8. The van der Waals surface area contributed by atoms with Crippen molar-refractivity contribution in [2.75, 3.05) is 23.2 Å². The molecule has 2 heterocycles. The van der Waals surface area contributed by atoms with Crippen molar-refractivity contribution in [2.24, 2.45) is 5.92 Å². The van der Waals surface area contributed by atoms with Crippen molar-refractivity contribution < 1.29 is 28.8 Å². The molecule has 2 aliphatic rings. The first-order valence-corrected chi connectivity index (χ1v) is 12.5. The molecule has 5 rings (SSSR count). The largest absolute Gasteiger partial charge is 0.490 e. The SMILES string of the molecule is CCCOc1ccc([C@@H]2[C@H]3C(=O)N(c4ccc([N+](=O)[O-])cc4)C(=O)[C@@H]3ON2c2ccccc2)cc1OCC. The van der Waals surface area contributed by atoms with Crippen molar-refractivity contribution >= 4 is 28.9 Å². The van der Waals surface area contributed by atoms with E-state index in [2.05, 4.69) is 0 Å². The Bertz CT molecular complexity index is 1350. The molecule has 2 aliphatic heterocycles. The van der Waals surface area contributed by atoms with Crippen LogP contribution in [0.3, 0.4) is 0 Å². The number of para-hydroxylation sites is 1. The lowest BCUT2D eigenvalue weighted by atomic mass is 9.90. The van der Waals surface area contributed by atoms with Gasteiger partial charge in [-0.3, -0.25) is 24.5 Å². The molecule has 2 saturated heterocycles. The van der Waals surface area contributed by atoms with Crippen LogP contribution in [-0.2, 0) is 14.4 Å². The van der Waals surface area contributed by atoms with Crippen LogP contribution in [0.1, 0.15) is 31.9 Å². The van der Waals surface area contributed by atoms with Gasteiger partial charge in [0.25, 0.3) is 11.6 Å². The number of benzene rings is 3. The number of nitro benzene ring substituents is 1. The topological polar surface area (TPSA) is 111 Å². The van der Waals surface area contributed by atoms with Gasteiger partial charge in [0.05, 0.1) is 35.6 Å². The van der Waals surface area contributed by atoms with E-state index in [9.17, 15) is 19.7 Å². The van der Waals surface area contributed by atoms with Gasteiger partial charge in [0.2, 0.25) is 5.91 Å². The second kappa shape index (κ2) is 10.5. The van der Waals surface area contributed by atoms with Gasteiger partial charge >= 0.3 is 0 Å². The molecule has 3 atom stereocenters. The predicted molar refractivity (Wildman–Crippen MR) is 139 cm³/mol. The Morgan fingerprint density at radius 3 is 2.29 bits per heavy atom. The van der Waals surface area contributed by atoms with Crippen LogP contribution in [-0.4, -0.2) is 36.1 Å². The van der Waals surface area contributed by atoms with Gasteiger partial charge in [-0.05, 0) is 55.3 Å². The number of anilines is 2. The van der Waals surface area contributed by atoms with Crippen molar-refractivity contribution in [3.05, 3.63) is 88.5 Å². The summed E-state index contributed by atoms with van der Waals surface area (Å²) in [6, 6.07) is 19.4. The zero-order chi connectivity index (χ0) is 26.8. The standard InChI is InChI=1S/C28H27N3O7/c1-3-16-37-22-15-10-18(17-23(22)36-4-2)25-24-26(38-30(25)20-8-6-5-7-9-20)28(33)29(27(24)32)19-11-13-21(14-12-19)31(34)35/h5-15,17,24-26H,3-4,16H2,1-2H3/t24-,25-,26-/m1/s1. The second-order valence-electron chi connectivity index (χ2n) is 8.93. The Kier molecular flexibility index (Phi) is 6.97. The minimum absolute atomic E-state index is 0.133. The number of carbonyl (C=O) groups excluding carboxylic acids is 2. The molecular formula is C28H27N3O7. The monoisotopic (exact) mass is 517 g/mol. The van der Waals surface area contributed by atoms with E-state index in [-0.39, 0.29) is 11.4 Å². The van der Waals surface area contributed by atoms with Gasteiger partial charge in [0.15, 0.2) is 17.6 Å². The van der Waals surface area contributed by atoms with Crippen molar-refractivity contribution in [3.63, 3.8) is 0 Å². The van der Waals surface area contributed by atoms with E-state index < -0.39 is 34.8 Å². The van der Waals surface area contributed by atoms with Crippen LogP contribution in [0.15, 0.2) is 72.8 Å². The summed E-state index contributed by atoms with van der Waals surface area (Å²) >= 11 is 0. The third-order valence-corrected chi connectivity index (χ3v) is 6.52. The van der Waals surface area contributed by atoms with Crippen LogP contribution < -0.4 is 19.4 Å². The van der Waals surface area contributed by atoms with Gasteiger partial charge in [-0.1, -0.05) is 31.2 Å². The van der Waals surface area contributed by atoms with Crippen LogP contribution in [0.4, 0.5) is 17.1 Å². The normalized spacial score (nSPS) is 20.5. The van der Waals surface area contributed by atoms with E-state index in [0.29, 0.717) is 30.4 Å². The van der Waals surface area contributed by atoms with Gasteiger partial charge in [-0.15, -0.1) is 0 Å². The van der Waals surface area contributed by atoms with Gasteiger partial charge in [-0.25, -0.2) is 9.96 Å². The highest BCUT2D eigenvalue weighted by molar-refractivity contribution is 6.24. The van der Waals surface area contributed by atoms with Crippen LogP contribution in [0.5, 0.6) is 11.5 Å². The number of hydrogen-bond acceptors (Lipinski definition) is 8. The fourth-order valence-corrected chi connectivity index (χ4v) is 4.84. The number of carbonyl (C=O) groups is 2. The van der Waals surface area contributed by atoms with Crippen molar-refractivity contribution in [1.29, 1.82) is 0 Å². The first-order valence-electron chi connectivity index (χ1n) is 12.5. The number of imide groups is 1. The smallest absolute Gasteiger partial charge is 0.269 e. The zero-order valence-corrected chi connectivity index (χ0v) is 21.0. The van der Waals surface area contributed by atoms with Crippen molar-refractivity contribution in [1.82, 2.24) is 0 Å². The molecule has 0 bridgehead atoms. The molecule has 3 aromatic rings. The minimum atomic E-state index is -1.06. The Labute approximate surface area is 219 Å². The maximum absolute atomic E-state index is 13.8. The number of hydroxylamine groups is 1. The summed E-state index contributed by atoms with van der Waals surface area (Å²) in [6.45, 7) is 4.85. The summed E-state index contributed by atoms with van der Waals surface area (Å²) in [5.41, 5.74) is 1.54. The lowest BCUT2D eigenvalue weighted by Crippen LogP contribution is -2.37. The van der Waals surface area contributed by atoms with E-state index in [1.165, 1.54) is 24.3 Å². The highest BCUT2D eigenvalue weighted by Gasteiger charge is 2.60. The summed E-state index contributed by atoms with van der Waals surface area (Å²) in [5, 5.41) is 12.7. The molecule has 0 aliphatic carbocycles. The van der Waals surface area contributed by atoms with Gasteiger partial charge in [-0.2, -0.15) is 0 Å². The van der Waals surface area contributed by atoms with Crippen LogP contribution in [0, 0.1) is 16.0 Å². The average molecular weight is 518 g/mol. The first-order chi connectivity index (χ1) is 18.4. The second-order valence-corrected chi connectivity index (χ2v) is 8.93. The number of fused-ring (bicyclic) bond motifs is 1. The molecule has 0 N–H and O–H groups in total. The molecule has 0 saturated carbocycles. The molecular weight excluding hydrogens is 490 g/mol. The summed E-state index contributed by atoms with van der Waals surface area (Å²) < 4.78 is 11.7. The Morgan fingerprint density at radius 1 is 0.895 bits per heavy atom. The van der Waals surface area contributed by atoms with Crippen molar-refractivity contribution in [2.45, 2.75) is 32.4 Å². The number of hydrogen-bond donors (Lipinski definition) is 0. The summed E-state index contributed by atoms with van der Waals surface area (Å²) in [6.07, 6.45) is -0.223. The number of non-ortho nitro benzene ring substituents is 1. The fourth-order valence-electron chi connectivity index (χ4n) is 4.84. The molecule has 38 heavy (non-hydrogen) atoms. The molecule has 0 unspecified atom stereocenters. The van der Waals surface area contributed by atoms with Crippen LogP contribution >= 0.6 is 0 Å². The van der Waals surface area contributed by atoms with E-state index in [1.807, 2.05) is 62.4 Å². The Morgan fingerprint density at radius 2 is 1.63 bits per heavy atom. The van der Waals surface area contributed by atoms with E-state index in [0.717, 1.165) is 16.9 Å². The molecule has 0 spiro atoms. The minimum Gasteiger partial charge on any atom is -0.490 e. The van der Waals surface area contributed by atoms with E-state index in [4.69, 9.17) is 14.3 Å². The van der Waals surface area contributed by atoms with Gasteiger partial charge in [0, 0.05) is 12.1 Å². The molecule has 2 amide bonds. The molecule has 3 aromatic carbocycles. The highest BCUT2D eigenvalue weighted by Crippen LogP contribution is 2.48. The quantitative estimate of drug-likeness (QED) is 0.225. The maximum Gasteiger partial charge on any atom is 0.269 e.